The highest BCUT2D eigenvalue weighted by Crippen LogP contribution is 2.28. The van der Waals surface area contributed by atoms with Crippen molar-refractivity contribution in [1.82, 2.24) is 25.0 Å². The molecule has 0 spiro atoms. The summed E-state index contributed by atoms with van der Waals surface area (Å²) in [6.07, 6.45) is 2.11. The molecule has 0 aliphatic heterocycles. The molecular weight excluding hydrogens is 326 g/mol. The van der Waals surface area contributed by atoms with E-state index in [0.717, 1.165) is 5.56 Å². The van der Waals surface area contributed by atoms with Gasteiger partial charge in [-0.1, -0.05) is 54.2 Å². The number of hydrogen-bond acceptors (Lipinski definition) is 7. The molecule has 3 rings (SSSR count). The molecule has 0 N–H and O–H groups in total. The van der Waals surface area contributed by atoms with Gasteiger partial charge < -0.3 is 4.74 Å². The number of esters is 1. The number of nitrogens with zero attached hydrogens (tertiary/aromatic N) is 5. The fourth-order valence-corrected chi connectivity index (χ4v) is 3.27. The molecule has 0 saturated heterocycles. The maximum atomic E-state index is 11.8. The van der Waals surface area contributed by atoms with Crippen LogP contribution in [0.2, 0.25) is 0 Å². The highest BCUT2D eigenvalue weighted by molar-refractivity contribution is 8.00. The van der Waals surface area contributed by atoms with Gasteiger partial charge in [0, 0.05) is 0 Å². The Morgan fingerprint density at radius 3 is 2.79 bits per heavy atom. The van der Waals surface area contributed by atoms with E-state index >= 15 is 0 Å². The second kappa shape index (κ2) is 7.39. The predicted molar refractivity (Wildman–Crippen MR) is 90.6 cm³/mol. The largest absolute Gasteiger partial charge is 0.468 e. The normalized spacial score (nSPS) is 12.2. The second-order valence-corrected chi connectivity index (χ2v) is 6.31. The Kier molecular flexibility index (Phi) is 5.05. The fraction of sp³-hybridized carbons (Fsp3) is 0.312. The van der Waals surface area contributed by atoms with Crippen molar-refractivity contribution in [3.8, 4) is 0 Å². The van der Waals surface area contributed by atoms with Crippen LogP contribution in [0.5, 0.6) is 0 Å². The third-order valence-electron chi connectivity index (χ3n) is 3.53. The SMILES string of the molecule is CCC(Sc1ncnc2c1nnn2Cc1ccccc1)C(=O)OC. The molecule has 0 amide bonds. The molecule has 124 valence electrons. The van der Waals surface area contributed by atoms with Crippen LogP contribution in [-0.2, 0) is 16.1 Å². The molecule has 2 aromatic heterocycles. The van der Waals surface area contributed by atoms with Gasteiger partial charge in [-0.15, -0.1) is 5.10 Å². The molecule has 0 radical (unpaired) electrons. The number of benzene rings is 1. The molecular formula is C16H17N5O2S. The van der Waals surface area contributed by atoms with Crippen LogP contribution in [0, 0.1) is 0 Å². The Bertz CT molecular complexity index is 837. The number of carbonyl (C=O) groups is 1. The Balaban J connectivity index is 1.90. The molecule has 7 nitrogen and oxygen atoms in total. The molecule has 0 bridgehead atoms. The lowest BCUT2D eigenvalue weighted by Crippen LogP contribution is -2.17. The average Bonchev–Trinajstić information content (AvgIpc) is 3.03. The van der Waals surface area contributed by atoms with Gasteiger partial charge in [0.1, 0.15) is 16.6 Å². The topological polar surface area (TPSA) is 82.8 Å². The highest BCUT2D eigenvalue weighted by atomic mass is 32.2. The number of methoxy groups -OCH3 is 1. The maximum Gasteiger partial charge on any atom is 0.319 e. The van der Waals surface area contributed by atoms with Crippen LogP contribution in [0.15, 0.2) is 41.7 Å². The lowest BCUT2D eigenvalue weighted by molar-refractivity contribution is -0.140. The van der Waals surface area contributed by atoms with Crippen LogP contribution >= 0.6 is 11.8 Å². The summed E-state index contributed by atoms with van der Waals surface area (Å²) in [6.45, 7) is 2.51. The van der Waals surface area contributed by atoms with Gasteiger partial charge in [0.15, 0.2) is 11.2 Å². The Morgan fingerprint density at radius 1 is 1.29 bits per heavy atom. The van der Waals surface area contributed by atoms with E-state index in [1.54, 1.807) is 4.68 Å². The number of fused-ring (bicyclic) bond motifs is 1. The van der Waals surface area contributed by atoms with E-state index in [-0.39, 0.29) is 11.2 Å². The van der Waals surface area contributed by atoms with E-state index in [2.05, 4.69) is 20.3 Å². The van der Waals surface area contributed by atoms with Crippen molar-refractivity contribution in [2.75, 3.05) is 7.11 Å². The molecule has 0 fully saturated rings. The number of carbonyl (C=O) groups excluding carboxylic acids is 1. The smallest absolute Gasteiger partial charge is 0.319 e. The summed E-state index contributed by atoms with van der Waals surface area (Å²) < 4.78 is 6.56. The minimum atomic E-state index is -0.327. The van der Waals surface area contributed by atoms with E-state index in [4.69, 9.17) is 4.74 Å². The zero-order valence-corrected chi connectivity index (χ0v) is 14.2. The van der Waals surface area contributed by atoms with Crippen molar-refractivity contribution < 1.29 is 9.53 Å². The fourth-order valence-electron chi connectivity index (χ4n) is 2.28. The quantitative estimate of drug-likeness (QED) is 0.386. The summed E-state index contributed by atoms with van der Waals surface area (Å²) >= 11 is 1.33. The average molecular weight is 343 g/mol. The van der Waals surface area contributed by atoms with Crippen LogP contribution in [0.3, 0.4) is 0 Å². The molecule has 3 aromatic rings. The van der Waals surface area contributed by atoms with Gasteiger partial charge in [-0.3, -0.25) is 4.79 Å². The second-order valence-electron chi connectivity index (χ2n) is 5.12. The van der Waals surface area contributed by atoms with Gasteiger partial charge >= 0.3 is 5.97 Å². The van der Waals surface area contributed by atoms with E-state index in [1.165, 1.54) is 25.2 Å². The number of thioether (sulfide) groups is 1. The number of rotatable bonds is 6. The summed E-state index contributed by atoms with van der Waals surface area (Å²) in [5, 5.41) is 8.70. The minimum Gasteiger partial charge on any atom is -0.468 e. The zero-order valence-electron chi connectivity index (χ0n) is 13.4. The van der Waals surface area contributed by atoms with Crippen molar-refractivity contribution in [1.29, 1.82) is 0 Å². The van der Waals surface area contributed by atoms with Crippen molar-refractivity contribution in [2.45, 2.75) is 30.2 Å². The van der Waals surface area contributed by atoms with E-state index in [0.29, 0.717) is 29.2 Å². The highest BCUT2D eigenvalue weighted by Gasteiger charge is 2.22. The molecule has 1 unspecified atom stereocenters. The molecule has 24 heavy (non-hydrogen) atoms. The van der Waals surface area contributed by atoms with Crippen LogP contribution in [0.4, 0.5) is 0 Å². The van der Waals surface area contributed by atoms with Gasteiger partial charge in [-0.2, -0.15) is 0 Å². The third-order valence-corrected chi connectivity index (χ3v) is 4.86. The van der Waals surface area contributed by atoms with Crippen molar-refractivity contribution in [2.24, 2.45) is 0 Å². The lowest BCUT2D eigenvalue weighted by atomic mass is 10.2. The molecule has 2 heterocycles. The van der Waals surface area contributed by atoms with Crippen LogP contribution in [-0.4, -0.2) is 43.3 Å². The molecule has 1 aromatic carbocycles. The summed E-state index contributed by atoms with van der Waals surface area (Å²) in [4.78, 5) is 20.4. The maximum absolute atomic E-state index is 11.8. The first-order chi connectivity index (χ1) is 11.7. The summed E-state index contributed by atoms with van der Waals surface area (Å²) in [7, 11) is 1.39. The van der Waals surface area contributed by atoms with Crippen molar-refractivity contribution >= 4 is 28.9 Å². The van der Waals surface area contributed by atoms with Crippen molar-refractivity contribution in [3.05, 3.63) is 42.2 Å². The van der Waals surface area contributed by atoms with Crippen LogP contribution in [0.1, 0.15) is 18.9 Å². The number of hydrogen-bond donors (Lipinski definition) is 0. The predicted octanol–water partition coefficient (Wildman–Crippen LogP) is 2.31. The number of ether oxygens (including phenoxy) is 1. The van der Waals surface area contributed by atoms with Crippen LogP contribution in [0.25, 0.3) is 11.2 Å². The summed E-state index contributed by atoms with van der Waals surface area (Å²) in [6, 6.07) is 9.97. The first-order valence-corrected chi connectivity index (χ1v) is 8.43. The number of aromatic nitrogens is 5. The van der Waals surface area contributed by atoms with Gasteiger partial charge in [0.25, 0.3) is 0 Å². The van der Waals surface area contributed by atoms with Gasteiger partial charge in [-0.25, -0.2) is 14.6 Å². The first-order valence-electron chi connectivity index (χ1n) is 7.55. The zero-order chi connectivity index (χ0) is 16.9. The molecule has 0 aliphatic carbocycles. The summed E-state index contributed by atoms with van der Waals surface area (Å²) in [5.74, 6) is -0.272. The molecule has 1 atom stereocenters. The van der Waals surface area contributed by atoms with E-state index < -0.39 is 0 Å². The molecule has 0 aliphatic rings. The molecule has 8 heteroatoms. The summed E-state index contributed by atoms with van der Waals surface area (Å²) in [5.41, 5.74) is 2.36. The van der Waals surface area contributed by atoms with Crippen molar-refractivity contribution in [3.63, 3.8) is 0 Å². The van der Waals surface area contributed by atoms with Gasteiger partial charge in [0.05, 0.1) is 13.7 Å². The third kappa shape index (κ3) is 3.38. The lowest BCUT2D eigenvalue weighted by Gasteiger charge is -2.11. The Morgan fingerprint density at radius 2 is 2.08 bits per heavy atom. The Hall–Kier alpha value is -2.48. The van der Waals surface area contributed by atoms with E-state index in [1.807, 2.05) is 37.3 Å². The molecule has 0 saturated carbocycles. The standard InChI is InChI=1S/C16H17N5O2S/c1-3-12(16(22)23-2)24-15-13-14(17-10-18-15)21(20-19-13)9-11-7-5-4-6-8-11/h4-8,10,12H,3,9H2,1-2H3. The van der Waals surface area contributed by atoms with E-state index in [9.17, 15) is 4.79 Å². The van der Waals surface area contributed by atoms with Crippen LogP contribution < -0.4 is 0 Å². The first kappa shape index (κ1) is 16.4. The Labute approximate surface area is 143 Å². The van der Waals surface area contributed by atoms with Gasteiger partial charge in [-0.05, 0) is 12.0 Å². The van der Waals surface area contributed by atoms with Gasteiger partial charge in [0.2, 0.25) is 0 Å². The monoisotopic (exact) mass is 343 g/mol. The minimum absolute atomic E-state index is 0.272.